The molecule has 0 aliphatic heterocycles. The predicted molar refractivity (Wildman–Crippen MR) is 104 cm³/mol. The van der Waals surface area contributed by atoms with Crippen molar-refractivity contribution in [3.8, 4) is 18.1 Å². The Morgan fingerprint density at radius 2 is 1.88 bits per heavy atom. The summed E-state index contributed by atoms with van der Waals surface area (Å²) in [5.74, 6) is 2.99. The minimum absolute atomic E-state index is 0.339. The molecule has 0 spiro atoms. The van der Waals surface area contributed by atoms with E-state index in [4.69, 9.17) is 15.9 Å². The van der Waals surface area contributed by atoms with Crippen molar-refractivity contribution in [3.63, 3.8) is 0 Å². The standard InChI is InChI=1S/C23H22O3/c1-5-7-13-22(20(6-2)19-11-9-8-10-12-19)26-23(24)25-21-15-14-17(3)16-18(21)4/h2,5,7-16,20H,1,3-4H3/b7-5-,22-13+. The van der Waals surface area contributed by atoms with Crippen LogP contribution in [0.4, 0.5) is 4.79 Å². The summed E-state index contributed by atoms with van der Waals surface area (Å²) in [6.45, 7) is 5.72. The van der Waals surface area contributed by atoms with Crippen molar-refractivity contribution in [1.82, 2.24) is 0 Å². The van der Waals surface area contributed by atoms with Crippen molar-refractivity contribution in [2.75, 3.05) is 0 Å². The van der Waals surface area contributed by atoms with Gasteiger partial charge >= 0.3 is 6.16 Å². The molecule has 0 aliphatic rings. The zero-order valence-electron chi connectivity index (χ0n) is 15.2. The molecule has 0 N–H and O–H groups in total. The molecule has 2 aromatic rings. The molecule has 3 nitrogen and oxygen atoms in total. The Labute approximate surface area is 155 Å². The SMILES string of the molecule is C#CC(/C(=C\C=C/C)OC(=O)Oc1ccc(C)cc1C)c1ccccc1. The fourth-order valence-electron chi connectivity index (χ4n) is 2.49. The lowest BCUT2D eigenvalue weighted by Crippen LogP contribution is -2.14. The zero-order valence-corrected chi connectivity index (χ0v) is 15.2. The first-order valence-electron chi connectivity index (χ1n) is 8.36. The van der Waals surface area contributed by atoms with E-state index in [1.807, 2.05) is 69.3 Å². The van der Waals surface area contributed by atoms with Gasteiger partial charge in [0, 0.05) is 0 Å². The van der Waals surface area contributed by atoms with Crippen LogP contribution in [0.3, 0.4) is 0 Å². The van der Waals surface area contributed by atoms with Gasteiger partial charge in [0.15, 0.2) is 0 Å². The average molecular weight is 346 g/mol. The van der Waals surface area contributed by atoms with E-state index < -0.39 is 12.1 Å². The molecule has 0 saturated carbocycles. The van der Waals surface area contributed by atoms with E-state index in [2.05, 4.69) is 5.92 Å². The number of carbonyl (C=O) groups excluding carboxylic acids is 1. The largest absolute Gasteiger partial charge is 0.519 e. The van der Waals surface area contributed by atoms with E-state index in [-0.39, 0.29) is 0 Å². The molecule has 0 aliphatic carbocycles. The van der Waals surface area contributed by atoms with Crippen molar-refractivity contribution >= 4 is 6.16 Å². The van der Waals surface area contributed by atoms with E-state index in [0.717, 1.165) is 16.7 Å². The van der Waals surface area contributed by atoms with E-state index in [0.29, 0.717) is 11.5 Å². The van der Waals surface area contributed by atoms with Crippen molar-refractivity contribution < 1.29 is 14.3 Å². The predicted octanol–water partition coefficient (Wildman–Crippen LogP) is 5.70. The first-order valence-corrected chi connectivity index (χ1v) is 8.36. The molecule has 2 aromatic carbocycles. The molecular weight excluding hydrogens is 324 g/mol. The molecule has 26 heavy (non-hydrogen) atoms. The van der Waals surface area contributed by atoms with Crippen LogP contribution in [0.5, 0.6) is 5.75 Å². The van der Waals surface area contributed by atoms with Crippen LogP contribution in [0, 0.1) is 26.2 Å². The maximum absolute atomic E-state index is 12.3. The number of allylic oxidation sites excluding steroid dienone is 4. The normalized spacial score (nSPS) is 12.5. The molecule has 0 saturated heterocycles. The number of ether oxygens (including phenoxy) is 2. The summed E-state index contributed by atoms with van der Waals surface area (Å²) in [5, 5.41) is 0. The lowest BCUT2D eigenvalue weighted by molar-refractivity contribution is 0.123. The Morgan fingerprint density at radius 3 is 2.50 bits per heavy atom. The van der Waals surface area contributed by atoms with Gasteiger partial charge in [0.25, 0.3) is 0 Å². The Hall–Kier alpha value is -3.25. The summed E-state index contributed by atoms with van der Waals surface area (Å²) < 4.78 is 10.8. The fourth-order valence-corrected chi connectivity index (χ4v) is 2.49. The Morgan fingerprint density at radius 1 is 1.15 bits per heavy atom. The van der Waals surface area contributed by atoms with Crippen LogP contribution in [0.2, 0.25) is 0 Å². The molecule has 132 valence electrons. The Kier molecular flexibility index (Phi) is 6.82. The van der Waals surface area contributed by atoms with Gasteiger partial charge in [-0.1, -0.05) is 66.1 Å². The number of carbonyl (C=O) groups is 1. The van der Waals surface area contributed by atoms with E-state index in [1.165, 1.54) is 0 Å². The highest BCUT2D eigenvalue weighted by atomic mass is 16.7. The molecule has 0 fully saturated rings. The van der Waals surface area contributed by atoms with Gasteiger partial charge in [0.05, 0.1) is 0 Å². The number of hydrogen-bond acceptors (Lipinski definition) is 3. The highest BCUT2D eigenvalue weighted by Gasteiger charge is 2.20. The Bertz CT molecular complexity index is 855. The van der Waals surface area contributed by atoms with Crippen LogP contribution in [0.15, 0.2) is 72.5 Å². The Balaban J connectivity index is 2.22. The second kappa shape index (κ2) is 9.29. The van der Waals surface area contributed by atoms with E-state index in [1.54, 1.807) is 18.2 Å². The number of terminal acetylenes is 1. The quantitative estimate of drug-likeness (QED) is 0.229. The summed E-state index contributed by atoms with van der Waals surface area (Å²) in [5.41, 5.74) is 2.82. The van der Waals surface area contributed by atoms with Crippen LogP contribution in [0.1, 0.15) is 29.5 Å². The molecule has 0 amide bonds. The molecule has 0 aromatic heterocycles. The minimum atomic E-state index is -0.816. The number of hydrogen-bond donors (Lipinski definition) is 0. The number of rotatable bonds is 5. The molecule has 1 atom stereocenters. The van der Waals surface area contributed by atoms with Gasteiger partial charge in [-0.2, -0.15) is 0 Å². The van der Waals surface area contributed by atoms with Gasteiger partial charge in [-0.25, -0.2) is 4.79 Å². The smallest absolute Gasteiger partial charge is 0.398 e. The van der Waals surface area contributed by atoms with E-state index >= 15 is 0 Å². The maximum atomic E-state index is 12.3. The van der Waals surface area contributed by atoms with Gasteiger partial charge in [-0.3, -0.25) is 0 Å². The van der Waals surface area contributed by atoms with Gasteiger partial charge in [0.2, 0.25) is 0 Å². The van der Waals surface area contributed by atoms with E-state index in [9.17, 15) is 4.79 Å². The number of benzene rings is 2. The molecule has 3 heteroatoms. The molecule has 0 bridgehead atoms. The molecule has 0 heterocycles. The summed E-state index contributed by atoms with van der Waals surface area (Å²) in [4.78, 5) is 12.3. The third-order valence-corrected chi connectivity index (χ3v) is 3.76. The van der Waals surface area contributed by atoms with Crippen LogP contribution < -0.4 is 4.74 Å². The van der Waals surface area contributed by atoms with Gasteiger partial charge in [-0.05, 0) is 44.0 Å². The lowest BCUT2D eigenvalue weighted by atomic mass is 9.97. The molecular formula is C23H22O3. The summed E-state index contributed by atoms with van der Waals surface area (Å²) >= 11 is 0. The van der Waals surface area contributed by atoms with Crippen LogP contribution in [-0.2, 0) is 4.74 Å². The molecule has 1 unspecified atom stereocenters. The van der Waals surface area contributed by atoms with Gasteiger partial charge in [0.1, 0.15) is 17.4 Å². The monoisotopic (exact) mass is 346 g/mol. The topological polar surface area (TPSA) is 35.5 Å². The summed E-state index contributed by atoms with van der Waals surface area (Å²) in [6, 6.07) is 15.0. The maximum Gasteiger partial charge on any atom is 0.519 e. The molecule has 2 rings (SSSR count). The minimum Gasteiger partial charge on any atom is -0.398 e. The second-order valence-electron chi connectivity index (χ2n) is 5.83. The van der Waals surface area contributed by atoms with Crippen molar-refractivity contribution in [3.05, 3.63) is 89.2 Å². The zero-order chi connectivity index (χ0) is 18.9. The van der Waals surface area contributed by atoms with Crippen molar-refractivity contribution in [1.29, 1.82) is 0 Å². The van der Waals surface area contributed by atoms with Crippen LogP contribution >= 0.6 is 0 Å². The first-order chi connectivity index (χ1) is 12.5. The van der Waals surface area contributed by atoms with Crippen LogP contribution in [0.25, 0.3) is 0 Å². The molecule has 0 radical (unpaired) electrons. The fraction of sp³-hybridized carbons (Fsp3) is 0.174. The third kappa shape index (κ3) is 5.12. The second-order valence-corrected chi connectivity index (χ2v) is 5.83. The van der Waals surface area contributed by atoms with Crippen molar-refractivity contribution in [2.24, 2.45) is 0 Å². The number of aryl methyl sites for hydroxylation is 2. The summed E-state index contributed by atoms with van der Waals surface area (Å²) in [6.07, 6.45) is 10.2. The highest BCUT2D eigenvalue weighted by Crippen LogP contribution is 2.26. The third-order valence-electron chi connectivity index (χ3n) is 3.76. The summed E-state index contributed by atoms with van der Waals surface area (Å²) in [7, 11) is 0. The highest BCUT2D eigenvalue weighted by molar-refractivity contribution is 5.66. The van der Waals surface area contributed by atoms with Gasteiger partial charge < -0.3 is 9.47 Å². The lowest BCUT2D eigenvalue weighted by Gasteiger charge is -2.16. The van der Waals surface area contributed by atoms with Crippen molar-refractivity contribution in [2.45, 2.75) is 26.7 Å². The first kappa shape index (κ1) is 19.1. The van der Waals surface area contributed by atoms with Gasteiger partial charge in [-0.15, -0.1) is 6.42 Å². The van der Waals surface area contributed by atoms with Crippen LogP contribution in [-0.4, -0.2) is 6.16 Å². The average Bonchev–Trinajstić information content (AvgIpc) is 2.63.